The van der Waals surface area contributed by atoms with E-state index in [0.29, 0.717) is 12.2 Å². The first-order valence-electron chi connectivity index (χ1n) is 4.22. The van der Waals surface area contributed by atoms with Crippen LogP contribution in [0.25, 0.3) is 0 Å². The lowest BCUT2D eigenvalue weighted by atomic mass is 10.1. The van der Waals surface area contributed by atoms with Crippen LogP contribution in [0.3, 0.4) is 0 Å². The highest BCUT2D eigenvalue weighted by Gasteiger charge is 2.35. The zero-order chi connectivity index (χ0) is 11.2. The lowest BCUT2D eigenvalue weighted by Gasteiger charge is -2.36. The van der Waals surface area contributed by atoms with E-state index in [1.54, 1.807) is 0 Å². The molecular formula is C9H7Cl2FN2O. The average Bonchev–Trinajstić information content (AvgIpc) is 2.21. The Hall–Kier alpha value is -0.840. The standard InChI is InChI=1S/C9H7Cl2FN2O/c10-5-1-4(2-6(11)8(5)12)14-3-7(13)9(14)15/h1-2,7H,3,13H2. The third-order valence-corrected chi connectivity index (χ3v) is 2.79. The van der Waals surface area contributed by atoms with Crippen molar-refractivity contribution in [2.75, 3.05) is 11.4 Å². The molecule has 80 valence electrons. The second-order valence-corrected chi connectivity index (χ2v) is 4.09. The van der Waals surface area contributed by atoms with Crippen LogP contribution in [-0.4, -0.2) is 18.5 Å². The molecule has 0 spiro atoms. The van der Waals surface area contributed by atoms with Gasteiger partial charge < -0.3 is 10.6 Å². The minimum absolute atomic E-state index is 0.106. The predicted molar refractivity (Wildman–Crippen MR) is 56.7 cm³/mol. The van der Waals surface area contributed by atoms with E-state index in [0.717, 1.165) is 0 Å². The summed E-state index contributed by atoms with van der Waals surface area (Å²) in [6.45, 7) is 0.400. The third-order valence-electron chi connectivity index (χ3n) is 2.24. The number of rotatable bonds is 1. The van der Waals surface area contributed by atoms with Crippen molar-refractivity contribution in [1.29, 1.82) is 0 Å². The van der Waals surface area contributed by atoms with Crippen molar-refractivity contribution in [3.8, 4) is 0 Å². The van der Waals surface area contributed by atoms with Crippen molar-refractivity contribution in [2.24, 2.45) is 5.73 Å². The van der Waals surface area contributed by atoms with E-state index >= 15 is 0 Å². The van der Waals surface area contributed by atoms with E-state index in [4.69, 9.17) is 28.9 Å². The van der Waals surface area contributed by atoms with Gasteiger partial charge in [-0.1, -0.05) is 23.2 Å². The van der Waals surface area contributed by atoms with Crippen LogP contribution in [0.5, 0.6) is 0 Å². The zero-order valence-corrected chi connectivity index (χ0v) is 9.02. The molecule has 1 atom stereocenters. The molecule has 2 rings (SSSR count). The van der Waals surface area contributed by atoms with E-state index in [1.807, 2.05) is 0 Å². The summed E-state index contributed by atoms with van der Waals surface area (Å²) in [5.41, 5.74) is 5.89. The van der Waals surface area contributed by atoms with Crippen LogP contribution < -0.4 is 10.6 Å². The summed E-state index contributed by atoms with van der Waals surface area (Å²) in [6.07, 6.45) is 0. The molecule has 0 bridgehead atoms. The maximum Gasteiger partial charge on any atom is 0.245 e. The highest BCUT2D eigenvalue weighted by atomic mass is 35.5. The molecule has 1 aliphatic rings. The first-order valence-corrected chi connectivity index (χ1v) is 4.98. The van der Waals surface area contributed by atoms with Gasteiger partial charge in [-0.05, 0) is 12.1 Å². The Kier molecular flexibility index (Phi) is 2.58. The van der Waals surface area contributed by atoms with Gasteiger partial charge in [0.1, 0.15) is 6.04 Å². The summed E-state index contributed by atoms with van der Waals surface area (Å²) in [6, 6.07) is 2.23. The van der Waals surface area contributed by atoms with Crippen LogP contribution in [0.15, 0.2) is 12.1 Å². The normalized spacial score (nSPS) is 20.4. The first-order chi connectivity index (χ1) is 7.00. The molecule has 1 unspecified atom stereocenters. The maximum atomic E-state index is 13.1. The number of hydrogen-bond donors (Lipinski definition) is 1. The molecule has 1 saturated heterocycles. The molecule has 0 saturated carbocycles. The number of benzene rings is 1. The highest BCUT2D eigenvalue weighted by Crippen LogP contribution is 2.31. The molecule has 1 amide bonds. The molecule has 2 N–H and O–H groups in total. The molecule has 0 aliphatic carbocycles. The van der Waals surface area contributed by atoms with Crippen molar-refractivity contribution in [3.63, 3.8) is 0 Å². The lowest BCUT2D eigenvalue weighted by molar-refractivity contribution is -0.123. The van der Waals surface area contributed by atoms with Crippen molar-refractivity contribution in [1.82, 2.24) is 0 Å². The van der Waals surface area contributed by atoms with Crippen LogP contribution in [0.2, 0.25) is 10.0 Å². The number of amides is 1. The summed E-state index contributed by atoms with van der Waals surface area (Å²) < 4.78 is 13.1. The summed E-state index contributed by atoms with van der Waals surface area (Å²) in [5.74, 6) is -0.895. The average molecular weight is 249 g/mol. The minimum atomic E-state index is -0.681. The van der Waals surface area contributed by atoms with Gasteiger partial charge in [0.2, 0.25) is 5.91 Å². The van der Waals surface area contributed by atoms with E-state index in [9.17, 15) is 9.18 Å². The number of nitrogens with zero attached hydrogens (tertiary/aromatic N) is 1. The number of β-lactam (4-membered cyclic amide) rings is 1. The fourth-order valence-electron chi connectivity index (χ4n) is 1.38. The number of carbonyl (C=O) groups is 1. The SMILES string of the molecule is NC1CN(c2cc(Cl)c(F)c(Cl)c2)C1=O. The van der Waals surface area contributed by atoms with E-state index < -0.39 is 11.9 Å². The molecule has 1 aromatic rings. The molecule has 15 heavy (non-hydrogen) atoms. The second-order valence-electron chi connectivity index (χ2n) is 3.28. The van der Waals surface area contributed by atoms with Crippen molar-refractivity contribution in [2.45, 2.75) is 6.04 Å². The van der Waals surface area contributed by atoms with Crippen LogP contribution >= 0.6 is 23.2 Å². The molecule has 1 heterocycles. The maximum absolute atomic E-state index is 13.1. The van der Waals surface area contributed by atoms with Gasteiger partial charge in [0.05, 0.1) is 16.6 Å². The van der Waals surface area contributed by atoms with E-state index in [-0.39, 0.29) is 16.0 Å². The van der Waals surface area contributed by atoms with Crippen LogP contribution in [-0.2, 0) is 4.79 Å². The summed E-state index contributed by atoms with van der Waals surface area (Å²) in [5, 5.41) is -0.212. The molecule has 6 heteroatoms. The molecule has 0 radical (unpaired) electrons. The van der Waals surface area contributed by atoms with Gasteiger partial charge in [0.15, 0.2) is 5.82 Å². The Balaban J connectivity index is 2.35. The Morgan fingerprint density at radius 3 is 2.33 bits per heavy atom. The fraction of sp³-hybridized carbons (Fsp3) is 0.222. The Morgan fingerprint density at radius 2 is 1.93 bits per heavy atom. The van der Waals surface area contributed by atoms with E-state index in [1.165, 1.54) is 17.0 Å². The number of halogens is 3. The van der Waals surface area contributed by atoms with Gasteiger partial charge in [-0.15, -0.1) is 0 Å². The van der Waals surface area contributed by atoms with E-state index in [2.05, 4.69) is 0 Å². The molecule has 0 aromatic heterocycles. The van der Waals surface area contributed by atoms with Gasteiger partial charge in [-0.3, -0.25) is 4.79 Å². The van der Waals surface area contributed by atoms with Gasteiger partial charge in [0, 0.05) is 5.69 Å². The van der Waals surface area contributed by atoms with Crippen LogP contribution in [0.4, 0.5) is 10.1 Å². The summed E-state index contributed by atoms with van der Waals surface area (Å²) >= 11 is 11.2. The van der Waals surface area contributed by atoms with Gasteiger partial charge in [0.25, 0.3) is 0 Å². The second kappa shape index (κ2) is 3.63. The monoisotopic (exact) mass is 248 g/mol. The molecule has 3 nitrogen and oxygen atoms in total. The molecule has 1 aromatic carbocycles. The number of nitrogens with two attached hydrogens (primary N) is 1. The molecule has 1 aliphatic heterocycles. The summed E-state index contributed by atoms with van der Waals surface area (Å²) in [7, 11) is 0. The van der Waals surface area contributed by atoms with Crippen LogP contribution in [0.1, 0.15) is 0 Å². The zero-order valence-electron chi connectivity index (χ0n) is 7.51. The Morgan fingerprint density at radius 1 is 1.40 bits per heavy atom. The van der Waals surface area contributed by atoms with Gasteiger partial charge >= 0.3 is 0 Å². The van der Waals surface area contributed by atoms with Gasteiger partial charge in [-0.25, -0.2) is 4.39 Å². The first kappa shape index (κ1) is 10.7. The summed E-state index contributed by atoms with van der Waals surface area (Å²) in [4.78, 5) is 12.7. The topological polar surface area (TPSA) is 46.3 Å². The van der Waals surface area contributed by atoms with Gasteiger partial charge in [-0.2, -0.15) is 0 Å². The third kappa shape index (κ3) is 1.69. The minimum Gasteiger partial charge on any atom is -0.318 e. The number of anilines is 1. The predicted octanol–water partition coefficient (Wildman–Crippen LogP) is 1.81. The van der Waals surface area contributed by atoms with Crippen molar-refractivity contribution < 1.29 is 9.18 Å². The number of hydrogen-bond acceptors (Lipinski definition) is 2. The van der Waals surface area contributed by atoms with Crippen molar-refractivity contribution in [3.05, 3.63) is 28.0 Å². The quantitative estimate of drug-likeness (QED) is 0.609. The number of carbonyl (C=O) groups excluding carboxylic acids is 1. The lowest BCUT2D eigenvalue weighted by Crippen LogP contribution is -2.61. The van der Waals surface area contributed by atoms with Crippen molar-refractivity contribution >= 4 is 34.8 Å². The molecular weight excluding hydrogens is 242 g/mol. The van der Waals surface area contributed by atoms with Crippen LogP contribution in [0, 0.1) is 5.82 Å². The largest absolute Gasteiger partial charge is 0.318 e. The Bertz CT molecular complexity index is 415. The smallest absolute Gasteiger partial charge is 0.245 e. The Labute approximate surface area is 95.6 Å². The molecule has 1 fully saturated rings. The fourth-order valence-corrected chi connectivity index (χ4v) is 1.86. The highest BCUT2D eigenvalue weighted by molar-refractivity contribution is 6.35.